The third-order valence-electron chi connectivity index (χ3n) is 3.72. The standard InChI is InChI=1S/C14H19NO2/c1-14(13(16)17)9-5-6-10-15(14)11-12-7-3-2-4-8-12/h2-4,7-8H,5-6,9-11H2,1H3,(H,16,17). The topological polar surface area (TPSA) is 40.5 Å². The van der Waals surface area contributed by atoms with Crippen LogP contribution in [0.4, 0.5) is 0 Å². The van der Waals surface area contributed by atoms with Gasteiger partial charge < -0.3 is 5.11 Å². The zero-order valence-corrected chi connectivity index (χ0v) is 10.2. The largest absolute Gasteiger partial charge is 0.480 e. The van der Waals surface area contributed by atoms with Crippen molar-refractivity contribution in [1.29, 1.82) is 0 Å². The lowest BCUT2D eigenvalue weighted by atomic mass is 9.88. The van der Waals surface area contributed by atoms with Crippen LogP contribution in [0.5, 0.6) is 0 Å². The molecule has 1 saturated heterocycles. The number of piperidine rings is 1. The highest BCUT2D eigenvalue weighted by atomic mass is 16.4. The molecule has 1 aromatic carbocycles. The second-order valence-corrected chi connectivity index (χ2v) is 4.94. The Balaban J connectivity index is 2.15. The number of benzene rings is 1. The molecule has 2 rings (SSSR count). The van der Waals surface area contributed by atoms with E-state index in [2.05, 4.69) is 17.0 Å². The zero-order valence-electron chi connectivity index (χ0n) is 10.2. The summed E-state index contributed by atoms with van der Waals surface area (Å²) in [6.07, 6.45) is 2.85. The van der Waals surface area contributed by atoms with Crippen molar-refractivity contribution in [3.05, 3.63) is 35.9 Å². The van der Waals surface area contributed by atoms with Crippen molar-refractivity contribution in [2.45, 2.75) is 38.3 Å². The Morgan fingerprint density at radius 2 is 2.06 bits per heavy atom. The van der Waals surface area contributed by atoms with Crippen LogP contribution >= 0.6 is 0 Å². The molecule has 1 aromatic rings. The van der Waals surface area contributed by atoms with Crippen molar-refractivity contribution in [2.75, 3.05) is 6.54 Å². The number of aliphatic carboxylic acids is 1. The third-order valence-corrected chi connectivity index (χ3v) is 3.72. The Hall–Kier alpha value is -1.35. The highest BCUT2D eigenvalue weighted by Crippen LogP contribution is 2.29. The SMILES string of the molecule is CC1(C(=O)O)CCCCN1Cc1ccccc1. The first-order chi connectivity index (χ1) is 8.13. The minimum absolute atomic E-state index is 0.700. The van der Waals surface area contributed by atoms with E-state index < -0.39 is 11.5 Å². The first kappa shape index (κ1) is 12.1. The van der Waals surface area contributed by atoms with E-state index >= 15 is 0 Å². The first-order valence-corrected chi connectivity index (χ1v) is 6.15. The lowest BCUT2D eigenvalue weighted by Gasteiger charge is -2.41. The van der Waals surface area contributed by atoms with Crippen LogP contribution in [-0.2, 0) is 11.3 Å². The van der Waals surface area contributed by atoms with Crippen molar-refractivity contribution >= 4 is 5.97 Å². The molecule has 0 saturated carbocycles. The number of hydrogen-bond donors (Lipinski definition) is 1. The fraction of sp³-hybridized carbons (Fsp3) is 0.500. The van der Waals surface area contributed by atoms with E-state index in [1.165, 1.54) is 5.56 Å². The second-order valence-electron chi connectivity index (χ2n) is 4.94. The molecule has 17 heavy (non-hydrogen) atoms. The molecule has 1 heterocycles. The molecule has 92 valence electrons. The van der Waals surface area contributed by atoms with Crippen LogP contribution in [0.2, 0.25) is 0 Å². The molecule has 1 unspecified atom stereocenters. The number of carboxylic acid groups (broad SMARTS) is 1. The van der Waals surface area contributed by atoms with Crippen LogP contribution in [-0.4, -0.2) is 28.1 Å². The molecule has 3 nitrogen and oxygen atoms in total. The van der Waals surface area contributed by atoms with E-state index in [-0.39, 0.29) is 0 Å². The molecule has 0 spiro atoms. The van der Waals surface area contributed by atoms with Crippen LogP contribution in [0.25, 0.3) is 0 Å². The summed E-state index contributed by atoms with van der Waals surface area (Å²) in [6.45, 7) is 3.44. The molecule has 1 fully saturated rings. The van der Waals surface area contributed by atoms with E-state index in [1.54, 1.807) is 0 Å². The first-order valence-electron chi connectivity index (χ1n) is 6.15. The van der Waals surface area contributed by atoms with Gasteiger partial charge in [0.1, 0.15) is 5.54 Å². The third kappa shape index (κ3) is 2.50. The number of hydrogen-bond acceptors (Lipinski definition) is 2. The fourth-order valence-corrected chi connectivity index (χ4v) is 2.48. The Morgan fingerprint density at radius 1 is 1.35 bits per heavy atom. The van der Waals surface area contributed by atoms with Crippen molar-refractivity contribution in [3.8, 4) is 0 Å². The van der Waals surface area contributed by atoms with Gasteiger partial charge in [-0.3, -0.25) is 9.69 Å². The molecule has 0 amide bonds. The molecule has 3 heteroatoms. The zero-order chi connectivity index (χ0) is 12.3. The Labute approximate surface area is 102 Å². The van der Waals surface area contributed by atoms with Gasteiger partial charge in [-0.15, -0.1) is 0 Å². The number of rotatable bonds is 3. The average Bonchev–Trinajstić information content (AvgIpc) is 2.33. The van der Waals surface area contributed by atoms with E-state index in [0.29, 0.717) is 0 Å². The number of nitrogens with zero attached hydrogens (tertiary/aromatic N) is 1. The van der Waals surface area contributed by atoms with Gasteiger partial charge in [0.25, 0.3) is 0 Å². The monoisotopic (exact) mass is 233 g/mol. The molecule has 1 aliphatic rings. The van der Waals surface area contributed by atoms with Crippen LogP contribution in [0.1, 0.15) is 31.7 Å². The number of carbonyl (C=O) groups is 1. The maximum Gasteiger partial charge on any atom is 0.323 e. The lowest BCUT2D eigenvalue weighted by molar-refractivity contribution is -0.153. The van der Waals surface area contributed by atoms with E-state index in [9.17, 15) is 9.90 Å². The van der Waals surface area contributed by atoms with Gasteiger partial charge in [-0.25, -0.2) is 0 Å². The summed E-state index contributed by atoms with van der Waals surface area (Å²) >= 11 is 0. The summed E-state index contributed by atoms with van der Waals surface area (Å²) in [6, 6.07) is 10.1. The highest BCUT2D eigenvalue weighted by molar-refractivity contribution is 5.78. The molecule has 1 aliphatic heterocycles. The fourth-order valence-electron chi connectivity index (χ4n) is 2.48. The molecular weight excluding hydrogens is 214 g/mol. The smallest absolute Gasteiger partial charge is 0.323 e. The molecule has 0 aliphatic carbocycles. The van der Waals surface area contributed by atoms with E-state index in [4.69, 9.17) is 0 Å². The van der Waals surface area contributed by atoms with Crippen molar-refractivity contribution in [3.63, 3.8) is 0 Å². The second kappa shape index (κ2) is 4.88. The molecule has 1 atom stereocenters. The molecule has 0 radical (unpaired) electrons. The summed E-state index contributed by atoms with van der Waals surface area (Å²) in [4.78, 5) is 13.5. The summed E-state index contributed by atoms with van der Waals surface area (Å²) in [5, 5.41) is 9.40. The highest BCUT2D eigenvalue weighted by Gasteiger charge is 2.40. The Kier molecular flexibility index (Phi) is 3.48. The van der Waals surface area contributed by atoms with Crippen LogP contribution in [0.3, 0.4) is 0 Å². The van der Waals surface area contributed by atoms with Gasteiger partial charge in [-0.1, -0.05) is 30.3 Å². The van der Waals surface area contributed by atoms with Gasteiger partial charge in [-0.05, 0) is 38.3 Å². The number of carboxylic acids is 1. The van der Waals surface area contributed by atoms with Gasteiger partial charge in [0.2, 0.25) is 0 Å². The lowest BCUT2D eigenvalue weighted by Crippen LogP contribution is -2.54. The maximum absolute atomic E-state index is 11.4. The van der Waals surface area contributed by atoms with Gasteiger partial charge >= 0.3 is 5.97 Å². The summed E-state index contributed by atoms with van der Waals surface area (Å²) in [5.74, 6) is -0.701. The van der Waals surface area contributed by atoms with Crippen molar-refractivity contribution < 1.29 is 9.90 Å². The Bertz CT molecular complexity index is 390. The minimum atomic E-state index is -0.701. The molecule has 0 bridgehead atoms. The minimum Gasteiger partial charge on any atom is -0.480 e. The van der Waals surface area contributed by atoms with E-state index in [1.807, 2.05) is 25.1 Å². The number of likely N-dealkylation sites (tertiary alicyclic amines) is 1. The molecule has 0 aromatic heterocycles. The van der Waals surface area contributed by atoms with Gasteiger partial charge in [0, 0.05) is 6.54 Å². The predicted molar refractivity (Wildman–Crippen MR) is 66.7 cm³/mol. The average molecular weight is 233 g/mol. The van der Waals surface area contributed by atoms with Crippen LogP contribution in [0.15, 0.2) is 30.3 Å². The summed E-state index contributed by atoms with van der Waals surface area (Å²) < 4.78 is 0. The molecule has 1 N–H and O–H groups in total. The normalized spacial score (nSPS) is 25.7. The quantitative estimate of drug-likeness (QED) is 0.872. The summed E-state index contributed by atoms with van der Waals surface area (Å²) in [7, 11) is 0. The van der Waals surface area contributed by atoms with Crippen LogP contribution < -0.4 is 0 Å². The van der Waals surface area contributed by atoms with Gasteiger partial charge in [-0.2, -0.15) is 0 Å². The van der Waals surface area contributed by atoms with E-state index in [0.717, 1.165) is 32.4 Å². The van der Waals surface area contributed by atoms with Gasteiger partial charge in [0.05, 0.1) is 0 Å². The van der Waals surface area contributed by atoms with Crippen molar-refractivity contribution in [2.24, 2.45) is 0 Å². The van der Waals surface area contributed by atoms with Crippen LogP contribution in [0, 0.1) is 0 Å². The predicted octanol–water partition coefficient (Wildman–Crippen LogP) is 2.52. The molecular formula is C14H19NO2. The Morgan fingerprint density at radius 3 is 2.71 bits per heavy atom. The van der Waals surface area contributed by atoms with Crippen molar-refractivity contribution in [1.82, 2.24) is 4.90 Å². The van der Waals surface area contributed by atoms with Gasteiger partial charge in [0.15, 0.2) is 0 Å². The maximum atomic E-state index is 11.4. The summed E-state index contributed by atoms with van der Waals surface area (Å²) in [5.41, 5.74) is 0.482.